The lowest BCUT2D eigenvalue weighted by Crippen LogP contribution is -2.35. The molecule has 2 N–H and O–H groups in total. The normalized spacial score (nSPS) is 19.5. The van der Waals surface area contributed by atoms with Gasteiger partial charge in [-0.15, -0.1) is 0 Å². The van der Waals surface area contributed by atoms with Crippen molar-refractivity contribution in [1.29, 1.82) is 0 Å². The van der Waals surface area contributed by atoms with Gasteiger partial charge < -0.3 is 10.6 Å². The lowest BCUT2D eigenvalue weighted by atomic mass is 10.1. The standard InChI is InChI=1S/C13H15F3N2O/c1-8-4-5-9(13(14,15)16)7-11(8)18-12(19)10-3-2-6-17-10/h4-5,7,10,17H,2-3,6H2,1H3,(H,18,19)/t10-/m1/s1. The van der Waals surface area contributed by atoms with Gasteiger partial charge in [0.1, 0.15) is 0 Å². The summed E-state index contributed by atoms with van der Waals surface area (Å²) in [5.74, 6) is -0.278. The van der Waals surface area contributed by atoms with E-state index >= 15 is 0 Å². The topological polar surface area (TPSA) is 41.1 Å². The third-order valence-corrected chi connectivity index (χ3v) is 3.20. The summed E-state index contributed by atoms with van der Waals surface area (Å²) in [5, 5.41) is 5.57. The lowest BCUT2D eigenvalue weighted by molar-refractivity contribution is -0.137. The average Bonchev–Trinajstić information content (AvgIpc) is 2.84. The average molecular weight is 272 g/mol. The maximum absolute atomic E-state index is 12.6. The first-order chi connectivity index (χ1) is 8.88. The molecule has 1 amide bonds. The van der Waals surface area contributed by atoms with Crippen LogP contribution in [0.5, 0.6) is 0 Å². The molecule has 104 valence electrons. The van der Waals surface area contributed by atoms with Crippen LogP contribution in [-0.4, -0.2) is 18.5 Å². The number of halogens is 3. The zero-order chi connectivity index (χ0) is 14.0. The third-order valence-electron chi connectivity index (χ3n) is 3.20. The van der Waals surface area contributed by atoms with Crippen LogP contribution in [0.25, 0.3) is 0 Å². The number of anilines is 1. The molecule has 1 fully saturated rings. The molecule has 1 aliphatic heterocycles. The zero-order valence-electron chi connectivity index (χ0n) is 10.5. The first-order valence-electron chi connectivity index (χ1n) is 6.10. The SMILES string of the molecule is Cc1ccc(C(F)(F)F)cc1NC(=O)[C@H]1CCCN1. The fourth-order valence-corrected chi connectivity index (χ4v) is 2.06. The molecule has 19 heavy (non-hydrogen) atoms. The highest BCUT2D eigenvalue weighted by molar-refractivity contribution is 5.95. The van der Waals surface area contributed by atoms with Crippen molar-refractivity contribution in [3.8, 4) is 0 Å². The minimum absolute atomic E-state index is 0.216. The minimum atomic E-state index is -4.40. The Morgan fingerprint density at radius 3 is 2.74 bits per heavy atom. The van der Waals surface area contributed by atoms with E-state index < -0.39 is 11.7 Å². The maximum atomic E-state index is 12.6. The van der Waals surface area contributed by atoms with Gasteiger partial charge >= 0.3 is 6.18 Å². The fourth-order valence-electron chi connectivity index (χ4n) is 2.06. The van der Waals surface area contributed by atoms with Crippen LogP contribution in [0, 0.1) is 6.92 Å². The number of alkyl halides is 3. The summed E-state index contributed by atoms with van der Waals surface area (Å²) in [5.41, 5.74) is 0.0700. The lowest BCUT2D eigenvalue weighted by Gasteiger charge is -2.15. The van der Waals surface area contributed by atoms with Crippen molar-refractivity contribution in [1.82, 2.24) is 5.32 Å². The fraction of sp³-hybridized carbons (Fsp3) is 0.462. The summed E-state index contributed by atoms with van der Waals surface area (Å²) in [4.78, 5) is 11.9. The van der Waals surface area contributed by atoms with Gasteiger partial charge in [0.05, 0.1) is 11.6 Å². The van der Waals surface area contributed by atoms with Crippen molar-refractivity contribution in [2.24, 2.45) is 0 Å². The number of hydrogen-bond donors (Lipinski definition) is 2. The Bertz CT molecular complexity index is 479. The van der Waals surface area contributed by atoms with E-state index in [9.17, 15) is 18.0 Å². The predicted octanol–water partition coefficient (Wildman–Crippen LogP) is 2.70. The van der Waals surface area contributed by atoms with Crippen molar-refractivity contribution < 1.29 is 18.0 Å². The van der Waals surface area contributed by atoms with Crippen molar-refractivity contribution in [2.45, 2.75) is 32.0 Å². The van der Waals surface area contributed by atoms with E-state index in [2.05, 4.69) is 10.6 Å². The van der Waals surface area contributed by atoms with Crippen molar-refractivity contribution in [3.63, 3.8) is 0 Å². The van der Waals surface area contributed by atoms with Crippen LogP contribution in [0.4, 0.5) is 18.9 Å². The van der Waals surface area contributed by atoms with Crippen molar-refractivity contribution in [3.05, 3.63) is 29.3 Å². The van der Waals surface area contributed by atoms with Crippen molar-refractivity contribution >= 4 is 11.6 Å². The highest BCUT2D eigenvalue weighted by atomic mass is 19.4. The van der Waals surface area contributed by atoms with Gasteiger partial charge in [0, 0.05) is 5.69 Å². The molecule has 0 aromatic heterocycles. The number of amides is 1. The molecule has 1 aromatic carbocycles. The molecule has 0 aliphatic carbocycles. The molecule has 3 nitrogen and oxygen atoms in total. The molecule has 1 aromatic rings. The van der Waals surface area contributed by atoms with Gasteiger partial charge in [0.2, 0.25) is 5.91 Å². The molecule has 0 unspecified atom stereocenters. The Morgan fingerprint density at radius 1 is 1.42 bits per heavy atom. The number of benzene rings is 1. The van der Waals surface area contributed by atoms with E-state index in [4.69, 9.17) is 0 Å². The zero-order valence-corrected chi connectivity index (χ0v) is 10.5. The molecule has 0 saturated carbocycles. The second kappa shape index (κ2) is 5.21. The first kappa shape index (κ1) is 13.9. The number of rotatable bonds is 2. The van der Waals surface area contributed by atoms with Crippen LogP contribution in [0.3, 0.4) is 0 Å². The quantitative estimate of drug-likeness (QED) is 0.869. The minimum Gasteiger partial charge on any atom is -0.324 e. The Balaban J connectivity index is 2.17. The van der Waals surface area contributed by atoms with Crippen LogP contribution in [0.2, 0.25) is 0 Å². The summed E-state index contributed by atoms with van der Waals surface area (Å²) >= 11 is 0. The summed E-state index contributed by atoms with van der Waals surface area (Å²) in [6.45, 7) is 2.43. The molecule has 1 atom stereocenters. The summed E-state index contributed by atoms with van der Waals surface area (Å²) < 4.78 is 37.8. The van der Waals surface area contributed by atoms with Crippen LogP contribution in [0.15, 0.2) is 18.2 Å². The molecule has 0 bridgehead atoms. The van der Waals surface area contributed by atoms with Crippen LogP contribution < -0.4 is 10.6 Å². The Labute approximate surface area is 109 Å². The molecule has 0 radical (unpaired) electrons. The summed E-state index contributed by atoms with van der Waals surface area (Å²) in [7, 11) is 0. The first-order valence-corrected chi connectivity index (χ1v) is 6.10. The highest BCUT2D eigenvalue weighted by Crippen LogP contribution is 2.32. The van der Waals surface area contributed by atoms with Gasteiger partial charge in [-0.1, -0.05) is 6.07 Å². The van der Waals surface area contributed by atoms with Crippen molar-refractivity contribution in [2.75, 3.05) is 11.9 Å². The molecule has 6 heteroatoms. The van der Waals surface area contributed by atoms with Gasteiger partial charge in [0.15, 0.2) is 0 Å². The number of aryl methyl sites for hydroxylation is 1. The van der Waals surface area contributed by atoms with E-state index in [0.29, 0.717) is 12.0 Å². The van der Waals surface area contributed by atoms with E-state index in [1.807, 2.05) is 0 Å². The largest absolute Gasteiger partial charge is 0.416 e. The predicted molar refractivity (Wildman–Crippen MR) is 65.8 cm³/mol. The second-order valence-electron chi connectivity index (χ2n) is 4.67. The summed E-state index contributed by atoms with van der Waals surface area (Å²) in [6, 6.07) is 3.04. The number of hydrogen-bond acceptors (Lipinski definition) is 2. The smallest absolute Gasteiger partial charge is 0.324 e. The molecule has 1 heterocycles. The van der Waals surface area contributed by atoms with E-state index in [1.54, 1.807) is 6.92 Å². The number of carbonyl (C=O) groups excluding carboxylic acids is 1. The van der Waals surface area contributed by atoms with Crippen LogP contribution in [-0.2, 0) is 11.0 Å². The molecule has 0 spiro atoms. The maximum Gasteiger partial charge on any atom is 0.416 e. The van der Waals surface area contributed by atoms with E-state index in [1.165, 1.54) is 6.07 Å². The Hall–Kier alpha value is -1.56. The monoisotopic (exact) mass is 272 g/mol. The Morgan fingerprint density at radius 2 is 2.16 bits per heavy atom. The van der Waals surface area contributed by atoms with Gasteiger partial charge in [-0.3, -0.25) is 4.79 Å². The van der Waals surface area contributed by atoms with Gasteiger partial charge in [0.25, 0.3) is 0 Å². The molecule has 1 saturated heterocycles. The Kier molecular flexibility index (Phi) is 3.80. The molecular weight excluding hydrogens is 257 g/mol. The third kappa shape index (κ3) is 3.26. The van der Waals surface area contributed by atoms with E-state index in [-0.39, 0.29) is 17.6 Å². The molecule has 2 rings (SSSR count). The number of carbonyl (C=O) groups is 1. The van der Waals surface area contributed by atoms with Crippen LogP contribution in [0.1, 0.15) is 24.0 Å². The van der Waals surface area contributed by atoms with Gasteiger partial charge in [-0.2, -0.15) is 13.2 Å². The molecular formula is C13H15F3N2O. The van der Waals surface area contributed by atoms with E-state index in [0.717, 1.165) is 25.1 Å². The van der Waals surface area contributed by atoms with Gasteiger partial charge in [-0.05, 0) is 44.0 Å². The summed E-state index contributed by atoms with van der Waals surface area (Å²) in [6.07, 6.45) is -2.79. The van der Waals surface area contributed by atoms with Crippen LogP contribution >= 0.6 is 0 Å². The number of nitrogens with one attached hydrogen (secondary N) is 2. The second-order valence-corrected chi connectivity index (χ2v) is 4.67. The highest BCUT2D eigenvalue weighted by Gasteiger charge is 2.31. The molecule has 1 aliphatic rings. The van der Waals surface area contributed by atoms with Gasteiger partial charge in [-0.25, -0.2) is 0 Å².